The third kappa shape index (κ3) is 4.80. The highest BCUT2D eigenvalue weighted by Gasteiger charge is 2.20. The molecule has 1 aromatic heterocycles. The van der Waals surface area contributed by atoms with E-state index in [1.165, 1.54) is 0 Å². The molecule has 0 aliphatic carbocycles. The van der Waals surface area contributed by atoms with Crippen LogP contribution in [0.15, 0.2) is 6.20 Å². The topological polar surface area (TPSA) is 67.3 Å². The van der Waals surface area contributed by atoms with E-state index in [0.29, 0.717) is 13.0 Å². The SMILES string of the molecule is COCCC(C)(O)CNc1nc(Cl)ncc1F. The van der Waals surface area contributed by atoms with Gasteiger partial charge in [-0.1, -0.05) is 0 Å². The van der Waals surface area contributed by atoms with Crippen LogP contribution >= 0.6 is 11.6 Å². The van der Waals surface area contributed by atoms with Crippen LogP contribution in [0.2, 0.25) is 5.28 Å². The predicted octanol–water partition coefficient (Wildman–Crippen LogP) is 1.47. The van der Waals surface area contributed by atoms with Crippen LogP contribution in [0, 0.1) is 5.82 Å². The molecule has 7 heteroatoms. The summed E-state index contributed by atoms with van der Waals surface area (Å²) in [5.74, 6) is -0.639. The van der Waals surface area contributed by atoms with Gasteiger partial charge in [-0.05, 0) is 18.5 Å². The largest absolute Gasteiger partial charge is 0.388 e. The molecule has 1 aromatic rings. The molecule has 17 heavy (non-hydrogen) atoms. The zero-order valence-corrected chi connectivity index (χ0v) is 10.5. The first-order valence-electron chi connectivity index (χ1n) is 5.08. The normalized spacial score (nSPS) is 14.4. The molecule has 0 fully saturated rings. The highest BCUT2D eigenvalue weighted by atomic mass is 35.5. The Balaban J connectivity index is 2.57. The molecule has 1 rings (SSSR count). The van der Waals surface area contributed by atoms with Gasteiger partial charge in [-0.3, -0.25) is 0 Å². The van der Waals surface area contributed by atoms with Crippen molar-refractivity contribution >= 4 is 17.4 Å². The Kier molecular flexibility index (Phi) is 5.04. The molecule has 1 unspecified atom stereocenters. The van der Waals surface area contributed by atoms with Crippen molar-refractivity contribution in [2.24, 2.45) is 0 Å². The number of nitrogens with one attached hydrogen (secondary N) is 1. The van der Waals surface area contributed by atoms with Crippen LogP contribution in [-0.4, -0.2) is 40.9 Å². The van der Waals surface area contributed by atoms with E-state index < -0.39 is 11.4 Å². The molecule has 1 atom stereocenters. The number of hydrogen-bond acceptors (Lipinski definition) is 5. The van der Waals surface area contributed by atoms with Gasteiger partial charge in [0.2, 0.25) is 5.28 Å². The Morgan fingerprint density at radius 3 is 3.00 bits per heavy atom. The monoisotopic (exact) mass is 263 g/mol. The summed E-state index contributed by atoms with van der Waals surface area (Å²) < 4.78 is 18.1. The van der Waals surface area contributed by atoms with E-state index in [4.69, 9.17) is 16.3 Å². The first-order valence-corrected chi connectivity index (χ1v) is 5.45. The molecule has 0 saturated carbocycles. The highest BCUT2D eigenvalue weighted by Crippen LogP contribution is 2.15. The quantitative estimate of drug-likeness (QED) is 0.761. The third-order valence-corrected chi connectivity index (χ3v) is 2.38. The molecule has 96 valence electrons. The highest BCUT2D eigenvalue weighted by molar-refractivity contribution is 6.28. The minimum Gasteiger partial charge on any atom is -0.388 e. The average molecular weight is 264 g/mol. The zero-order valence-electron chi connectivity index (χ0n) is 9.70. The molecule has 0 aliphatic heterocycles. The average Bonchev–Trinajstić information content (AvgIpc) is 2.28. The molecule has 0 aliphatic rings. The van der Waals surface area contributed by atoms with E-state index in [2.05, 4.69) is 15.3 Å². The second-order valence-corrected chi connectivity index (χ2v) is 4.27. The fourth-order valence-corrected chi connectivity index (χ4v) is 1.29. The summed E-state index contributed by atoms with van der Waals surface area (Å²) in [5.41, 5.74) is -1.01. The number of aromatic nitrogens is 2. The minimum atomic E-state index is -1.01. The number of anilines is 1. The number of hydrogen-bond donors (Lipinski definition) is 2. The summed E-state index contributed by atoms with van der Waals surface area (Å²) in [7, 11) is 1.55. The fraction of sp³-hybridized carbons (Fsp3) is 0.600. The van der Waals surface area contributed by atoms with Gasteiger partial charge in [0, 0.05) is 26.7 Å². The molecular weight excluding hydrogens is 249 g/mol. The first kappa shape index (κ1) is 14.1. The molecule has 1 heterocycles. The van der Waals surface area contributed by atoms with E-state index >= 15 is 0 Å². The van der Waals surface area contributed by atoms with Gasteiger partial charge in [0.05, 0.1) is 11.8 Å². The van der Waals surface area contributed by atoms with Crippen LogP contribution < -0.4 is 5.32 Å². The van der Waals surface area contributed by atoms with Crippen molar-refractivity contribution in [3.8, 4) is 0 Å². The maximum Gasteiger partial charge on any atom is 0.224 e. The van der Waals surface area contributed by atoms with Gasteiger partial charge in [0.15, 0.2) is 11.6 Å². The molecule has 0 bridgehead atoms. The number of halogens is 2. The maximum atomic E-state index is 13.2. The van der Waals surface area contributed by atoms with Crippen molar-refractivity contribution < 1.29 is 14.2 Å². The lowest BCUT2D eigenvalue weighted by Gasteiger charge is -2.23. The lowest BCUT2D eigenvalue weighted by atomic mass is 10.0. The first-order chi connectivity index (χ1) is 7.94. The molecule has 0 amide bonds. The summed E-state index contributed by atoms with van der Waals surface area (Å²) in [4.78, 5) is 7.17. The minimum absolute atomic E-state index is 0.0253. The van der Waals surface area contributed by atoms with Crippen molar-refractivity contribution in [2.45, 2.75) is 18.9 Å². The Hall–Kier alpha value is -0.980. The number of methoxy groups -OCH3 is 1. The summed E-state index contributed by atoms with van der Waals surface area (Å²) in [6.07, 6.45) is 1.40. The van der Waals surface area contributed by atoms with Crippen molar-refractivity contribution in [3.63, 3.8) is 0 Å². The Bertz CT molecular complexity index is 377. The van der Waals surface area contributed by atoms with E-state index in [0.717, 1.165) is 6.20 Å². The van der Waals surface area contributed by atoms with Crippen LogP contribution in [0.1, 0.15) is 13.3 Å². The van der Waals surface area contributed by atoms with Gasteiger partial charge in [-0.2, -0.15) is 4.98 Å². The number of nitrogens with zero attached hydrogens (tertiary/aromatic N) is 2. The molecule has 0 radical (unpaired) electrons. The summed E-state index contributed by atoms with van der Waals surface area (Å²) in [6.45, 7) is 2.18. The third-order valence-electron chi connectivity index (χ3n) is 2.20. The van der Waals surface area contributed by atoms with Crippen molar-refractivity contribution in [1.29, 1.82) is 0 Å². The summed E-state index contributed by atoms with van der Waals surface area (Å²) >= 11 is 5.54. The molecular formula is C10H15ClFN3O2. The lowest BCUT2D eigenvalue weighted by molar-refractivity contribution is 0.0356. The van der Waals surface area contributed by atoms with Crippen LogP contribution in [0.25, 0.3) is 0 Å². The van der Waals surface area contributed by atoms with Crippen LogP contribution in [0.5, 0.6) is 0 Å². The second-order valence-electron chi connectivity index (χ2n) is 3.93. The fourth-order valence-electron chi connectivity index (χ4n) is 1.15. The van der Waals surface area contributed by atoms with Gasteiger partial charge in [0.25, 0.3) is 0 Å². The Morgan fingerprint density at radius 2 is 2.35 bits per heavy atom. The summed E-state index contributed by atoms with van der Waals surface area (Å²) in [5, 5.41) is 12.6. The Morgan fingerprint density at radius 1 is 1.65 bits per heavy atom. The summed E-state index contributed by atoms with van der Waals surface area (Å²) in [6, 6.07) is 0. The number of aliphatic hydroxyl groups is 1. The van der Waals surface area contributed by atoms with E-state index in [-0.39, 0.29) is 17.6 Å². The van der Waals surface area contributed by atoms with Crippen LogP contribution in [-0.2, 0) is 4.74 Å². The lowest BCUT2D eigenvalue weighted by Crippen LogP contribution is -2.35. The van der Waals surface area contributed by atoms with E-state index in [1.807, 2.05) is 0 Å². The molecule has 5 nitrogen and oxygen atoms in total. The molecule has 0 aromatic carbocycles. The molecule has 0 spiro atoms. The maximum absolute atomic E-state index is 13.2. The van der Waals surface area contributed by atoms with E-state index in [9.17, 15) is 9.50 Å². The van der Waals surface area contributed by atoms with Gasteiger partial charge in [-0.15, -0.1) is 0 Å². The van der Waals surface area contributed by atoms with E-state index in [1.54, 1.807) is 14.0 Å². The molecule has 0 saturated heterocycles. The predicted molar refractivity (Wildman–Crippen MR) is 62.6 cm³/mol. The number of rotatable bonds is 6. The van der Waals surface area contributed by atoms with Gasteiger partial charge in [0.1, 0.15) is 0 Å². The van der Waals surface area contributed by atoms with Crippen molar-refractivity contribution in [3.05, 3.63) is 17.3 Å². The van der Waals surface area contributed by atoms with Gasteiger partial charge < -0.3 is 15.2 Å². The smallest absolute Gasteiger partial charge is 0.224 e. The van der Waals surface area contributed by atoms with Gasteiger partial charge in [-0.25, -0.2) is 9.37 Å². The zero-order chi connectivity index (χ0) is 12.9. The molecule has 2 N–H and O–H groups in total. The van der Waals surface area contributed by atoms with Gasteiger partial charge >= 0.3 is 0 Å². The Labute approximate surface area is 104 Å². The van der Waals surface area contributed by atoms with Crippen molar-refractivity contribution in [2.75, 3.05) is 25.6 Å². The van der Waals surface area contributed by atoms with Crippen LogP contribution in [0.3, 0.4) is 0 Å². The standard InChI is InChI=1S/C10H15ClFN3O2/c1-10(16,3-4-17-2)6-14-8-7(12)5-13-9(11)15-8/h5,16H,3-4,6H2,1-2H3,(H,13,14,15). The van der Waals surface area contributed by atoms with Crippen molar-refractivity contribution in [1.82, 2.24) is 9.97 Å². The second kappa shape index (κ2) is 6.09. The van der Waals surface area contributed by atoms with Crippen LogP contribution in [0.4, 0.5) is 10.2 Å². The number of ether oxygens (including phenoxy) is 1.